The van der Waals surface area contributed by atoms with Gasteiger partial charge < -0.3 is 11.1 Å². The number of nitrogens with two attached hydrogens (primary N) is 1. The van der Waals surface area contributed by atoms with E-state index in [4.69, 9.17) is 5.73 Å². The van der Waals surface area contributed by atoms with E-state index in [1.807, 2.05) is 18.7 Å². The zero-order valence-electron chi connectivity index (χ0n) is 11.6. The molecule has 0 spiro atoms. The molecule has 0 aromatic carbocycles. The SMILES string of the molecule is CCCCCSCCC(C)(NCCC)C(N)=O. The highest BCUT2D eigenvalue weighted by atomic mass is 32.2. The highest BCUT2D eigenvalue weighted by Crippen LogP contribution is 2.15. The van der Waals surface area contributed by atoms with Gasteiger partial charge in [-0.25, -0.2) is 0 Å². The maximum Gasteiger partial charge on any atom is 0.237 e. The van der Waals surface area contributed by atoms with Gasteiger partial charge in [0, 0.05) is 0 Å². The molecule has 4 heteroatoms. The van der Waals surface area contributed by atoms with Crippen molar-refractivity contribution in [1.29, 1.82) is 0 Å². The molecule has 0 aliphatic rings. The summed E-state index contributed by atoms with van der Waals surface area (Å²) in [6.45, 7) is 7.06. The van der Waals surface area contributed by atoms with Gasteiger partial charge in [0.1, 0.15) is 0 Å². The molecule has 0 fully saturated rings. The molecule has 17 heavy (non-hydrogen) atoms. The van der Waals surface area contributed by atoms with E-state index in [9.17, 15) is 4.79 Å². The van der Waals surface area contributed by atoms with Crippen LogP contribution in [0.3, 0.4) is 0 Å². The number of carbonyl (C=O) groups excluding carboxylic acids is 1. The lowest BCUT2D eigenvalue weighted by atomic mass is 9.98. The van der Waals surface area contributed by atoms with E-state index in [1.165, 1.54) is 25.0 Å². The first-order valence-corrected chi connectivity index (χ1v) is 7.85. The van der Waals surface area contributed by atoms with Crippen molar-refractivity contribution in [1.82, 2.24) is 5.32 Å². The molecule has 3 N–H and O–H groups in total. The average Bonchev–Trinajstić information content (AvgIpc) is 2.31. The van der Waals surface area contributed by atoms with Gasteiger partial charge in [-0.3, -0.25) is 4.79 Å². The molecular weight excluding hydrogens is 232 g/mol. The van der Waals surface area contributed by atoms with Gasteiger partial charge in [-0.2, -0.15) is 11.8 Å². The van der Waals surface area contributed by atoms with Gasteiger partial charge in [0.2, 0.25) is 5.91 Å². The molecule has 0 heterocycles. The van der Waals surface area contributed by atoms with E-state index in [0.717, 1.165) is 25.1 Å². The summed E-state index contributed by atoms with van der Waals surface area (Å²) >= 11 is 1.92. The molecule has 0 aromatic heterocycles. The van der Waals surface area contributed by atoms with Gasteiger partial charge in [0.25, 0.3) is 0 Å². The number of hydrogen-bond donors (Lipinski definition) is 2. The second-order valence-electron chi connectivity index (χ2n) is 4.69. The quantitative estimate of drug-likeness (QED) is 0.561. The number of primary amides is 1. The van der Waals surface area contributed by atoms with Crippen LogP contribution in [0.4, 0.5) is 0 Å². The lowest BCUT2D eigenvalue weighted by Gasteiger charge is -2.27. The molecule has 0 rings (SSSR count). The molecule has 0 saturated carbocycles. The minimum absolute atomic E-state index is 0.236. The average molecular weight is 260 g/mol. The van der Waals surface area contributed by atoms with Crippen LogP contribution < -0.4 is 11.1 Å². The summed E-state index contributed by atoms with van der Waals surface area (Å²) in [4.78, 5) is 11.4. The minimum Gasteiger partial charge on any atom is -0.368 e. The van der Waals surface area contributed by atoms with E-state index in [-0.39, 0.29) is 5.91 Å². The molecule has 1 unspecified atom stereocenters. The standard InChI is InChI=1S/C13H28N2OS/c1-4-6-7-10-17-11-8-13(3,12(14)16)15-9-5-2/h15H,4-11H2,1-3H3,(H2,14,16). The normalized spacial score (nSPS) is 14.5. The number of thioether (sulfide) groups is 1. The molecule has 0 aliphatic heterocycles. The van der Waals surface area contributed by atoms with Crippen LogP contribution in [0, 0.1) is 0 Å². The molecule has 1 amide bonds. The molecule has 0 radical (unpaired) electrons. The number of amides is 1. The Hall–Kier alpha value is -0.220. The Bertz CT molecular complexity index is 212. The van der Waals surface area contributed by atoms with Crippen LogP contribution >= 0.6 is 11.8 Å². The molecule has 3 nitrogen and oxygen atoms in total. The Balaban J connectivity index is 3.81. The molecule has 102 valence electrons. The predicted molar refractivity (Wildman–Crippen MR) is 77.4 cm³/mol. The van der Waals surface area contributed by atoms with Crippen molar-refractivity contribution in [3.63, 3.8) is 0 Å². The van der Waals surface area contributed by atoms with Gasteiger partial charge in [0.15, 0.2) is 0 Å². The fraction of sp³-hybridized carbons (Fsp3) is 0.923. The Kier molecular flexibility index (Phi) is 9.65. The highest BCUT2D eigenvalue weighted by molar-refractivity contribution is 7.99. The first kappa shape index (κ1) is 16.8. The second kappa shape index (κ2) is 9.77. The van der Waals surface area contributed by atoms with Gasteiger partial charge in [-0.05, 0) is 44.2 Å². The van der Waals surface area contributed by atoms with E-state index in [1.54, 1.807) is 0 Å². The van der Waals surface area contributed by atoms with Crippen LogP contribution in [-0.4, -0.2) is 29.5 Å². The topological polar surface area (TPSA) is 55.1 Å². The molecule has 1 atom stereocenters. The summed E-state index contributed by atoms with van der Waals surface area (Å²) in [6, 6.07) is 0. The largest absolute Gasteiger partial charge is 0.368 e. The summed E-state index contributed by atoms with van der Waals surface area (Å²) < 4.78 is 0. The van der Waals surface area contributed by atoms with Crippen molar-refractivity contribution in [2.75, 3.05) is 18.1 Å². The molecular formula is C13H28N2OS. The lowest BCUT2D eigenvalue weighted by Crippen LogP contribution is -2.53. The Labute approximate surface area is 110 Å². The third-order valence-electron chi connectivity index (χ3n) is 2.95. The van der Waals surface area contributed by atoms with E-state index in [0.29, 0.717) is 0 Å². The van der Waals surface area contributed by atoms with Crippen molar-refractivity contribution >= 4 is 17.7 Å². The predicted octanol–water partition coefficient (Wildman–Crippen LogP) is 2.54. The highest BCUT2D eigenvalue weighted by Gasteiger charge is 2.29. The fourth-order valence-electron chi connectivity index (χ4n) is 1.53. The van der Waals surface area contributed by atoms with Crippen LogP contribution in [0.25, 0.3) is 0 Å². The van der Waals surface area contributed by atoms with E-state index < -0.39 is 5.54 Å². The summed E-state index contributed by atoms with van der Waals surface area (Å²) in [5.41, 5.74) is 4.93. The van der Waals surface area contributed by atoms with Crippen LogP contribution in [0.15, 0.2) is 0 Å². The number of carbonyl (C=O) groups is 1. The van der Waals surface area contributed by atoms with Crippen LogP contribution in [-0.2, 0) is 4.79 Å². The van der Waals surface area contributed by atoms with Crippen LogP contribution in [0.2, 0.25) is 0 Å². The number of hydrogen-bond acceptors (Lipinski definition) is 3. The summed E-state index contributed by atoms with van der Waals surface area (Å²) in [5.74, 6) is 1.95. The van der Waals surface area contributed by atoms with Gasteiger partial charge in [-0.15, -0.1) is 0 Å². The van der Waals surface area contributed by atoms with E-state index in [2.05, 4.69) is 19.2 Å². The lowest BCUT2D eigenvalue weighted by molar-refractivity contribution is -0.123. The van der Waals surface area contributed by atoms with Crippen molar-refractivity contribution < 1.29 is 4.79 Å². The van der Waals surface area contributed by atoms with Crippen LogP contribution in [0.1, 0.15) is 52.9 Å². The minimum atomic E-state index is -0.534. The second-order valence-corrected chi connectivity index (χ2v) is 5.92. The smallest absolute Gasteiger partial charge is 0.237 e. The van der Waals surface area contributed by atoms with E-state index >= 15 is 0 Å². The molecule has 0 saturated heterocycles. The number of unbranched alkanes of at least 4 members (excludes halogenated alkanes) is 2. The molecule has 0 bridgehead atoms. The van der Waals surface area contributed by atoms with Crippen molar-refractivity contribution in [3.05, 3.63) is 0 Å². The molecule has 0 aromatic rings. The first-order chi connectivity index (χ1) is 8.06. The fourth-order valence-corrected chi connectivity index (χ4v) is 2.70. The van der Waals surface area contributed by atoms with Crippen molar-refractivity contribution in [2.24, 2.45) is 5.73 Å². The zero-order valence-corrected chi connectivity index (χ0v) is 12.4. The Morgan fingerprint density at radius 1 is 1.24 bits per heavy atom. The van der Waals surface area contributed by atoms with Crippen LogP contribution in [0.5, 0.6) is 0 Å². The summed E-state index contributed by atoms with van der Waals surface area (Å²) in [5, 5.41) is 3.26. The first-order valence-electron chi connectivity index (χ1n) is 6.69. The van der Waals surface area contributed by atoms with Crippen molar-refractivity contribution in [3.8, 4) is 0 Å². The maximum atomic E-state index is 11.4. The van der Waals surface area contributed by atoms with Gasteiger partial charge in [-0.1, -0.05) is 26.7 Å². The third-order valence-corrected chi connectivity index (χ3v) is 4.02. The number of nitrogens with one attached hydrogen (secondary N) is 1. The van der Waals surface area contributed by atoms with Crippen molar-refractivity contribution in [2.45, 2.75) is 58.4 Å². The number of rotatable bonds is 11. The van der Waals surface area contributed by atoms with Gasteiger partial charge >= 0.3 is 0 Å². The zero-order chi connectivity index (χ0) is 13.1. The Morgan fingerprint density at radius 3 is 2.47 bits per heavy atom. The summed E-state index contributed by atoms with van der Waals surface area (Å²) in [7, 11) is 0. The Morgan fingerprint density at radius 2 is 1.94 bits per heavy atom. The van der Waals surface area contributed by atoms with Gasteiger partial charge in [0.05, 0.1) is 5.54 Å². The molecule has 0 aliphatic carbocycles. The summed E-state index contributed by atoms with van der Waals surface area (Å²) in [6.07, 6.45) is 5.67. The maximum absolute atomic E-state index is 11.4. The monoisotopic (exact) mass is 260 g/mol. The third kappa shape index (κ3) is 7.66.